The number of halogens is 1. The molecule has 0 aliphatic carbocycles. The van der Waals surface area contributed by atoms with Gasteiger partial charge >= 0.3 is 0 Å². The lowest BCUT2D eigenvalue weighted by atomic mass is 10.3. The third-order valence-electron chi connectivity index (χ3n) is 1.05. The van der Waals surface area contributed by atoms with Crippen molar-refractivity contribution in [2.45, 2.75) is 6.04 Å². The molecule has 0 aromatic carbocycles. The van der Waals surface area contributed by atoms with Crippen LogP contribution in [0.2, 0.25) is 0 Å². The molecule has 0 bridgehead atoms. The van der Waals surface area contributed by atoms with Crippen LogP contribution in [0.5, 0.6) is 0 Å². The zero-order valence-electron chi connectivity index (χ0n) is 6.01. The number of aryl methyl sites for hydroxylation is 1. The normalized spacial score (nSPS) is 12.3. The average Bonchev–Trinajstić information content (AvgIpc) is 2.34. The van der Waals surface area contributed by atoms with E-state index in [1.54, 1.807) is 7.05 Å². The van der Waals surface area contributed by atoms with E-state index in [0.29, 0.717) is 5.82 Å². The second-order valence-electron chi connectivity index (χ2n) is 1.93. The molecular formula is C4H10ClN5O. The molecule has 1 rings (SSSR count). The molecule has 0 aliphatic heterocycles. The molecule has 0 radical (unpaired) electrons. The summed E-state index contributed by atoms with van der Waals surface area (Å²) in [4.78, 5) is 1.30. The van der Waals surface area contributed by atoms with E-state index in [1.807, 2.05) is 0 Å². The third-order valence-corrected chi connectivity index (χ3v) is 1.05. The van der Waals surface area contributed by atoms with Crippen molar-refractivity contribution in [3.05, 3.63) is 5.82 Å². The predicted octanol–water partition coefficient (Wildman–Crippen LogP) is -1.38. The summed E-state index contributed by atoms with van der Waals surface area (Å²) >= 11 is 0. The summed E-state index contributed by atoms with van der Waals surface area (Å²) in [5.74, 6) is 0.366. The Kier molecular flexibility index (Phi) is 3.94. The van der Waals surface area contributed by atoms with Gasteiger partial charge in [0.05, 0.1) is 19.7 Å². The Balaban J connectivity index is 0.000001000. The minimum absolute atomic E-state index is 0. The number of nitrogens with zero attached hydrogens (tertiary/aromatic N) is 4. The molecule has 0 unspecified atom stereocenters. The molecule has 64 valence electrons. The van der Waals surface area contributed by atoms with Crippen LogP contribution in [0.25, 0.3) is 0 Å². The van der Waals surface area contributed by atoms with E-state index in [4.69, 9.17) is 10.8 Å². The molecule has 11 heavy (non-hydrogen) atoms. The zero-order valence-corrected chi connectivity index (χ0v) is 6.82. The summed E-state index contributed by atoms with van der Waals surface area (Å²) in [5, 5.41) is 19.5. The van der Waals surface area contributed by atoms with Crippen molar-refractivity contribution in [2.75, 3.05) is 6.61 Å². The first-order valence-electron chi connectivity index (χ1n) is 2.84. The zero-order chi connectivity index (χ0) is 7.56. The Bertz CT molecular complexity index is 214. The molecule has 0 aliphatic rings. The van der Waals surface area contributed by atoms with Crippen LogP contribution in [0.3, 0.4) is 0 Å². The van der Waals surface area contributed by atoms with Crippen molar-refractivity contribution in [3.8, 4) is 0 Å². The van der Waals surface area contributed by atoms with Crippen LogP contribution in [-0.2, 0) is 7.05 Å². The lowest BCUT2D eigenvalue weighted by Gasteiger charge is -1.98. The fraction of sp³-hybridized carbons (Fsp3) is 0.750. The van der Waals surface area contributed by atoms with E-state index in [1.165, 1.54) is 4.80 Å². The van der Waals surface area contributed by atoms with Gasteiger partial charge in [0.1, 0.15) is 0 Å². The summed E-state index contributed by atoms with van der Waals surface area (Å²) in [6.45, 7) is -0.161. The Labute approximate surface area is 69.8 Å². The molecule has 1 heterocycles. The first-order valence-corrected chi connectivity index (χ1v) is 2.84. The maximum atomic E-state index is 8.56. The molecule has 0 saturated carbocycles. The van der Waals surface area contributed by atoms with Gasteiger partial charge in [-0.25, -0.2) is 0 Å². The number of hydrogen-bond acceptors (Lipinski definition) is 5. The summed E-state index contributed by atoms with van der Waals surface area (Å²) in [5.41, 5.74) is 5.38. The maximum Gasteiger partial charge on any atom is 0.193 e. The minimum Gasteiger partial charge on any atom is -0.394 e. The summed E-state index contributed by atoms with van der Waals surface area (Å²) in [7, 11) is 1.64. The van der Waals surface area contributed by atoms with Gasteiger partial charge in [0.2, 0.25) is 0 Å². The minimum atomic E-state index is -0.520. The van der Waals surface area contributed by atoms with Gasteiger partial charge in [-0.05, 0) is 5.21 Å². The third kappa shape index (κ3) is 2.41. The Morgan fingerprint density at radius 3 is 2.73 bits per heavy atom. The van der Waals surface area contributed by atoms with Gasteiger partial charge in [-0.15, -0.1) is 22.6 Å². The molecule has 0 fully saturated rings. The molecule has 7 heteroatoms. The largest absolute Gasteiger partial charge is 0.394 e. The number of hydrogen-bond donors (Lipinski definition) is 2. The Morgan fingerprint density at radius 2 is 2.36 bits per heavy atom. The fourth-order valence-corrected chi connectivity index (χ4v) is 0.529. The first-order chi connectivity index (χ1) is 4.74. The average molecular weight is 180 g/mol. The molecule has 0 saturated heterocycles. The summed E-state index contributed by atoms with van der Waals surface area (Å²) in [6, 6.07) is -0.520. The maximum absolute atomic E-state index is 8.56. The van der Waals surface area contributed by atoms with Crippen LogP contribution in [0.1, 0.15) is 11.9 Å². The van der Waals surface area contributed by atoms with Crippen molar-refractivity contribution in [1.29, 1.82) is 0 Å². The van der Waals surface area contributed by atoms with Crippen LogP contribution in [0.4, 0.5) is 0 Å². The van der Waals surface area contributed by atoms with Gasteiger partial charge in [-0.3, -0.25) is 0 Å². The standard InChI is InChI=1S/C4H9N5O.ClH/c1-9-7-4(6-8-9)3(5)2-10;/h3,10H,2,5H2,1H3;1H/t3-;/m0./s1. The van der Waals surface area contributed by atoms with Crippen LogP contribution in [0, 0.1) is 0 Å². The van der Waals surface area contributed by atoms with Crippen LogP contribution in [0.15, 0.2) is 0 Å². The molecule has 0 spiro atoms. The fourth-order valence-electron chi connectivity index (χ4n) is 0.529. The lowest BCUT2D eigenvalue weighted by molar-refractivity contribution is 0.263. The molecule has 3 N–H and O–H groups in total. The van der Waals surface area contributed by atoms with Crippen molar-refractivity contribution in [2.24, 2.45) is 12.8 Å². The van der Waals surface area contributed by atoms with Gasteiger partial charge in [-0.2, -0.15) is 4.80 Å². The molecule has 6 nitrogen and oxygen atoms in total. The smallest absolute Gasteiger partial charge is 0.193 e. The van der Waals surface area contributed by atoms with E-state index >= 15 is 0 Å². The highest BCUT2D eigenvalue weighted by molar-refractivity contribution is 5.85. The first kappa shape index (κ1) is 10.3. The number of nitrogens with two attached hydrogens (primary N) is 1. The molecule has 1 atom stereocenters. The number of rotatable bonds is 2. The SMILES string of the molecule is Cl.Cn1nnc([C@@H](N)CO)n1. The highest BCUT2D eigenvalue weighted by Gasteiger charge is 2.08. The summed E-state index contributed by atoms with van der Waals surface area (Å²) in [6.07, 6.45) is 0. The molecule has 1 aromatic rings. The van der Waals surface area contributed by atoms with Crippen molar-refractivity contribution in [3.63, 3.8) is 0 Å². The van der Waals surface area contributed by atoms with Gasteiger partial charge < -0.3 is 10.8 Å². The van der Waals surface area contributed by atoms with E-state index in [9.17, 15) is 0 Å². The van der Waals surface area contributed by atoms with Gasteiger partial charge in [0.25, 0.3) is 0 Å². The number of aromatic nitrogens is 4. The highest BCUT2D eigenvalue weighted by atomic mass is 35.5. The van der Waals surface area contributed by atoms with Crippen molar-refractivity contribution in [1.82, 2.24) is 20.2 Å². The lowest BCUT2D eigenvalue weighted by Crippen LogP contribution is -2.16. The van der Waals surface area contributed by atoms with Crippen LogP contribution >= 0.6 is 12.4 Å². The van der Waals surface area contributed by atoms with Crippen LogP contribution in [-0.4, -0.2) is 31.9 Å². The monoisotopic (exact) mass is 179 g/mol. The highest BCUT2D eigenvalue weighted by Crippen LogP contribution is 1.97. The van der Waals surface area contributed by atoms with Gasteiger partial charge in [0, 0.05) is 0 Å². The second kappa shape index (κ2) is 4.22. The van der Waals surface area contributed by atoms with Crippen molar-refractivity contribution < 1.29 is 5.11 Å². The van der Waals surface area contributed by atoms with Gasteiger partial charge in [0.15, 0.2) is 5.82 Å². The van der Waals surface area contributed by atoms with Gasteiger partial charge in [-0.1, -0.05) is 0 Å². The molecule has 1 aromatic heterocycles. The van der Waals surface area contributed by atoms with E-state index in [2.05, 4.69) is 15.4 Å². The molecule has 0 amide bonds. The summed E-state index contributed by atoms with van der Waals surface area (Å²) < 4.78 is 0. The quantitative estimate of drug-likeness (QED) is 0.585. The van der Waals surface area contributed by atoms with E-state index in [0.717, 1.165) is 0 Å². The van der Waals surface area contributed by atoms with Crippen LogP contribution < -0.4 is 5.73 Å². The molecular weight excluding hydrogens is 170 g/mol. The number of aliphatic hydroxyl groups is 1. The Morgan fingerprint density at radius 1 is 1.73 bits per heavy atom. The second-order valence-corrected chi connectivity index (χ2v) is 1.93. The van der Waals surface area contributed by atoms with Crippen molar-refractivity contribution >= 4 is 12.4 Å². The van der Waals surface area contributed by atoms with E-state index in [-0.39, 0.29) is 19.0 Å². The number of tetrazole rings is 1. The van der Waals surface area contributed by atoms with E-state index < -0.39 is 6.04 Å². The Hall–Kier alpha value is -0.720. The number of aliphatic hydroxyl groups excluding tert-OH is 1. The topological polar surface area (TPSA) is 89.9 Å². The predicted molar refractivity (Wildman–Crippen MR) is 40.1 cm³/mol.